The van der Waals surface area contributed by atoms with Crippen LogP contribution in [0, 0.1) is 17.6 Å². The Morgan fingerprint density at radius 3 is 2.21 bits per heavy atom. The molecule has 4 rings (SSSR count). The summed E-state index contributed by atoms with van der Waals surface area (Å²) in [6.07, 6.45) is 1.45. The minimum absolute atomic E-state index is 0.0212. The molecule has 0 aromatic heterocycles. The molecule has 2 aliphatic rings. The van der Waals surface area contributed by atoms with Gasteiger partial charge in [0.1, 0.15) is 0 Å². The van der Waals surface area contributed by atoms with Gasteiger partial charge in [-0.1, -0.05) is 18.2 Å². The van der Waals surface area contributed by atoms with Gasteiger partial charge < -0.3 is 20.0 Å². The van der Waals surface area contributed by atoms with Crippen LogP contribution < -0.4 is 5.32 Å². The van der Waals surface area contributed by atoms with Crippen molar-refractivity contribution in [3.8, 4) is 0 Å². The average Bonchev–Trinajstić information content (AvgIpc) is 2.85. The van der Waals surface area contributed by atoms with Crippen LogP contribution >= 0.6 is 0 Å². The second kappa shape index (κ2) is 9.97. The molecule has 2 heterocycles. The highest BCUT2D eigenvalue weighted by Crippen LogP contribution is 2.21. The molecule has 9 heteroatoms. The highest BCUT2D eigenvalue weighted by molar-refractivity contribution is 5.94. The molecule has 7 nitrogen and oxygen atoms in total. The predicted molar refractivity (Wildman–Crippen MR) is 119 cm³/mol. The number of nitrogens with one attached hydrogen (secondary N) is 1. The number of halogens is 2. The molecule has 0 radical (unpaired) electrons. The van der Waals surface area contributed by atoms with Gasteiger partial charge in [0.25, 0.3) is 5.91 Å². The third-order valence-electron chi connectivity index (χ3n) is 6.13. The molecule has 1 N–H and O–H groups in total. The first kappa shape index (κ1) is 22.7. The summed E-state index contributed by atoms with van der Waals surface area (Å²) in [5.74, 6) is -2.75. The molecule has 2 aromatic carbocycles. The van der Waals surface area contributed by atoms with Crippen LogP contribution in [0.2, 0.25) is 0 Å². The number of rotatable bonds is 3. The van der Waals surface area contributed by atoms with Gasteiger partial charge >= 0.3 is 6.03 Å². The number of nitrogens with zero attached hydrogens (tertiary/aromatic N) is 3. The van der Waals surface area contributed by atoms with Crippen molar-refractivity contribution < 1.29 is 23.2 Å². The van der Waals surface area contributed by atoms with Crippen LogP contribution in [-0.4, -0.2) is 71.8 Å². The summed E-state index contributed by atoms with van der Waals surface area (Å²) in [5.41, 5.74) is 0.791. The molecule has 0 aliphatic carbocycles. The summed E-state index contributed by atoms with van der Waals surface area (Å²) in [4.78, 5) is 43.2. The number of hydrogen-bond acceptors (Lipinski definition) is 3. The van der Waals surface area contributed by atoms with Crippen molar-refractivity contribution in [1.29, 1.82) is 0 Å². The van der Waals surface area contributed by atoms with E-state index in [-0.39, 0.29) is 29.3 Å². The van der Waals surface area contributed by atoms with Crippen LogP contribution in [0.5, 0.6) is 0 Å². The average molecular weight is 456 g/mol. The second-order valence-corrected chi connectivity index (χ2v) is 8.33. The number of piperidine rings is 1. The Morgan fingerprint density at radius 2 is 1.52 bits per heavy atom. The Kier molecular flexibility index (Phi) is 6.86. The standard InChI is InChI=1S/C24H26F2N4O3/c25-20-9-8-17(15-21(20)26)22(31)28-11-13-29(14-12-28)23(32)18-5-4-10-30(16-18)24(33)27-19-6-2-1-3-7-19/h1-3,6-9,15,18H,4-5,10-14,16H2,(H,27,33). The molecule has 2 aromatic rings. The Labute approximate surface area is 191 Å². The van der Waals surface area contributed by atoms with Crippen molar-refractivity contribution in [3.63, 3.8) is 0 Å². The van der Waals surface area contributed by atoms with E-state index in [1.807, 2.05) is 30.3 Å². The molecule has 1 unspecified atom stereocenters. The van der Waals surface area contributed by atoms with Gasteiger partial charge in [-0.25, -0.2) is 13.6 Å². The van der Waals surface area contributed by atoms with Gasteiger partial charge in [0.2, 0.25) is 5.91 Å². The fraction of sp³-hybridized carbons (Fsp3) is 0.375. The zero-order valence-corrected chi connectivity index (χ0v) is 18.2. The molecule has 0 saturated carbocycles. The summed E-state index contributed by atoms with van der Waals surface area (Å²) in [6.45, 7) is 2.30. The number of likely N-dealkylation sites (tertiary alicyclic amines) is 1. The Hall–Kier alpha value is -3.49. The van der Waals surface area contributed by atoms with Crippen molar-refractivity contribution in [2.45, 2.75) is 12.8 Å². The summed E-state index contributed by atoms with van der Waals surface area (Å²) < 4.78 is 26.6. The number of piperazine rings is 1. The number of carbonyl (C=O) groups is 3. The third-order valence-corrected chi connectivity index (χ3v) is 6.13. The van der Waals surface area contributed by atoms with Gasteiger partial charge in [-0.15, -0.1) is 0 Å². The molecule has 33 heavy (non-hydrogen) atoms. The van der Waals surface area contributed by atoms with Crippen molar-refractivity contribution in [3.05, 3.63) is 65.7 Å². The molecular weight excluding hydrogens is 430 g/mol. The Balaban J connectivity index is 1.30. The largest absolute Gasteiger partial charge is 0.339 e. The minimum Gasteiger partial charge on any atom is -0.339 e. The summed E-state index contributed by atoms with van der Waals surface area (Å²) in [5, 5.41) is 2.86. The van der Waals surface area contributed by atoms with Crippen molar-refractivity contribution in [1.82, 2.24) is 14.7 Å². The van der Waals surface area contributed by atoms with E-state index in [2.05, 4.69) is 5.32 Å². The van der Waals surface area contributed by atoms with E-state index < -0.39 is 11.6 Å². The quantitative estimate of drug-likeness (QED) is 0.771. The minimum atomic E-state index is -1.06. The van der Waals surface area contributed by atoms with E-state index in [1.165, 1.54) is 11.0 Å². The van der Waals surface area contributed by atoms with Gasteiger partial charge in [-0.05, 0) is 43.2 Å². The van der Waals surface area contributed by atoms with Crippen LogP contribution in [0.15, 0.2) is 48.5 Å². The molecular formula is C24H26F2N4O3. The second-order valence-electron chi connectivity index (χ2n) is 8.33. The number of urea groups is 1. The van der Waals surface area contributed by atoms with Gasteiger partial charge in [0, 0.05) is 50.5 Å². The Bertz CT molecular complexity index is 1030. The van der Waals surface area contributed by atoms with Gasteiger partial charge in [-0.3, -0.25) is 9.59 Å². The molecule has 174 valence electrons. The zero-order chi connectivity index (χ0) is 23.4. The number of amides is 4. The maximum absolute atomic E-state index is 13.5. The lowest BCUT2D eigenvalue weighted by molar-refractivity contribution is -0.138. The number of para-hydroxylation sites is 1. The lowest BCUT2D eigenvalue weighted by Crippen LogP contribution is -2.54. The van der Waals surface area contributed by atoms with E-state index in [4.69, 9.17) is 0 Å². The lowest BCUT2D eigenvalue weighted by atomic mass is 9.96. The van der Waals surface area contributed by atoms with Crippen LogP contribution in [0.1, 0.15) is 23.2 Å². The lowest BCUT2D eigenvalue weighted by Gasteiger charge is -2.39. The third kappa shape index (κ3) is 5.30. The van der Waals surface area contributed by atoms with Crippen molar-refractivity contribution >= 4 is 23.5 Å². The number of anilines is 1. The molecule has 1 atom stereocenters. The van der Waals surface area contributed by atoms with Gasteiger partial charge in [0.05, 0.1) is 5.92 Å². The van der Waals surface area contributed by atoms with Crippen molar-refractivity contribution in [2.75, 3.05) is 44.6 Å². The van der Waals surface area contributed by atoms with E-state index in [1.54, 1.807) is 9.80 Å². The summed E-state index contributed by atoms with van der Waals surface area (Å²) in [7, 11) is 0. The first-order chi connectivity index (χ1) is 15.9. The fourth-order valence-electron chi connectivity index (χ4n) is 4.29. The number of benzene rings is 2. The van der Waals surface area contributed by atoms with E-state index in [0.717, 1.165) is 18.6 Å². The van der Waals surface area contributed by atoms with E-state index in [9.17, 15) is 23.2 Å². The fourth-order valence-corrected chi connectivity index (χ4v) is 4.29. The van der Waals surface area contributed by atoms with E-state index >= 15 is 0 Å². The highest BCUT2D eigenvalue weighted by atomic mass is 19.2. The first-order valence-corrected chi connectivity index (χ1v) is 11.1. The summed E-state index contributed by atoms with van der Waals surface area (Å²) in [6, 6.07) is 12.0. The predicted octanol–water partition coefficient (Wildman–Crippen LogP) is 3.19. The van der Waals surface area contributed by atoms with Gasteiger partial charge in [0.15, 0.2) is 11.6 Å². The van der Waals surface area contributed by atoms with Gasteiger partial charge in [-0.2, -0.15) is 0 Å². The Morgan fingerprint density at radius 1 is 0.818 bits per heavy atom. The SMILES string of the molecule is O=C(Nc1ccccc1)N1CCCC(C(=O)N2CCN(C(=O)c3ccc(F)c(F)c3)CC2)C1. The smallest absolute Gasteiger partial charge is 0.321 e. The van der Waals surface area contributed by atoms with E-state index in [0.29, 0.717) is 51.4 Å². The molecule has 4 amide bonds. The van der Waals surface area contributed by atoms with Crippen LogP contribution in [-0.2, 0) is 4.79 Å². The highest BCUT2D eigenvalue weighted by Gasteiger charge is 2.33. The molecule has 2 fully saturated rings. The monoisotopic (exact) mass is 456 g/mol. The van der Waals surface area contributed by atoms with Crippen LogP contribution in [0.4, 0.5) is 19.3 Å². The first-order valence-electron chi connectivity index (χ1n) is 11.1. The van der Waals surface area contributed by atoms with Crippen molar-refractivity contribution in [2.24, 2.45) is 5.92 Å². The summed E-state index contributed by atoms with van der Waals surface area (Å²) >= 11 is 0. The number of carbonyl (C=O) groups excluding carboxylic acids is 3. The number of hydrogen-bond donors (Lipinski definition) is 1. The maximum atomic E-state index is 13.5. The topological polar surface area (TPSA) is 73.0 Å². The molecule has 0 spiro atoms. The van der Waals surface area contributed by atoms with Crippen LogP contribution in [0.25, 0.3) is 0 Å². The normalized spacial score (nSPS) is 18.7. The molecule has 2 aliphatic heterocycles. The molecule has 2 saturated heterocycles. The maximum Gasteiger partial charge on any atom is 0.321 e. The zero-order valence-electron chi connectivity index (χ0n) is 18.2. The van der Waals surface area contributed by atoms with Crippen LogP contribution in [0.3, 0.4) is 0 Å². The molecule has 0 bridgehead atoms.